The van der Waals surface area contributed by atoms with Crippen LogP contribution in [0.15, 0.2) is 54.6 Å². The first kappa shape index (κ1) is 30.5. The number of carboxylic acid groups (broad SMARTS) is 2. The van der Waals surface area contributed by atoms with Gasteiger partial charge in [0.25, 0.3) is 0 Å². The number of aliphatic hydroxyl groups is 1. The van der Waals surface area contributed by atoms with Gasteiger partial charge in [-0.3, -0.25) is 4.79 Å². The summed E-state index contributed by atoms with van der Waals surface area (Å²) in [5.74, 6) is -1.40. The SMILES string of the molecule is CCCCCCCc1ccc(C/C=C\[C@@H](SCc2ccc(C(=O)O)cc2N)[C@@H](O)CCCC(=O)O)cc1. The summed E-state index contributed by atoms with van der Waals surface area (Å²) < 4.78 is 0. The Labute approximate surface area is 225 Å². The maximum atomic E-state index is 11.2. The molecule has 202 valence electrons. The average molecular weight is 528 g/mol. The molecular formula is C30H41NO5S. The average Bonchev–Trinajstić information content (AvgIpc) is 2.87. The van der Waals surface area contributed by atoms with Crippen LogP contribution in [-0.2, 0) is 23.4 Å². The third-order valence-corrected chi connectivity index (χ3v) is 7.70. The molecule has 6 nitrogen and oxygen atoms in total. The van der Waals surface area contributed by atoms with Crippen molar-refractivity contribution < 1.29 is 24.9 Å². The van der Waals surface area contributed by atoms with Gasteiger partial charge >= 0.3 is 11.9 Å². The van der Waals surface area contributed by atoms with Crippen LogP contribution in [0.1, 0.15) is 85.3 Å². The summed E-state index contributed by atoms with van der Waals surface area (Å²) in [5, 5.41) is 28.6. The van der Waals surface area contributed by atoms with E-state index in [0.717, 1.165) is 18.4 Å². The van der Waals surface area contributed by atoms with E-state index in [1.807, 2.05) is 6.08 Å². The summed E-state index contributed by atoms with van der Waals surface area (Å²) in [6, 6.07) is 13.4. The minimum absolute atomic E-state index is 0.0205. The molecule has 2 atom stereocenters. The van der Waals surface area contributed by atoms with Gasteiger partial charge < -0.3 is 21.1 Å². The first-order valence-corrected chi connectivity index (χ1v) is 14.2. The Morgan fingerprint density at radius 3 is 2.32 bits per heavy atom. The van der Waals surface area contributed by atoms with Gasteiger partial charge in [0.15, 0.2) is 0 Å². The molecule has 2 aromatic rings. The van der Waals surface area contributed by atoms with E-state index in [-0.39, 0.29) is 17.2 Å². The van der Waals surface area contributed by atoms with Crippen molar-refractivity contribution in [3.05, 3.63) is 76.9 Å². The largest absolute Gasteiger partial charge is 0.481 e. The number of aliphatic hydroxyl groups excluding tert-OH is 1. The lowest BCUT2D eigenvalue weighted by atomic mass is 10.0. The number of benzene rings is 2. The zero-order valence-corrected chi connectivity index (χ0v) is 22.6. The highest BCUT2D eigenvalue weighted by molar-refractivity contribution is 7.99. The molecule has 2 rings (SSSR count). The number of nitrogens with two attached hydrogens (primary N) is 1. The molecule has 0 amide bonds. The number of hydrogen-bond donors (Lipinski definition) is 4. The maximum Gasteiger partial charge on any atom is 0.335 e. The number of aromatic carboxylic acids is 1. The third-order valence-electron chi connectivity index (χ3n) is 6.37. The lowest BCUT2D eigenvalue weighted by molar-refractivity contribution is -0.137. The van der Waals surface area contributed by atoms with Crippen molar-refractivity contribution in [3.63, 3.8) is 0 Å². The smallest absolute Gasteiger partial charge is 0.335 e. The molecule has 0 radical (unpaired) electrons. The highest BCUT2D eigenvalue weighted by Crippen LogP contribution is 2.27. The summed E-state index contributed by atoms with van der Waals surface area (Å²) in [5.41, 5.74) is 9.95. The summed E-state index contributed by atoms with van der Waals surface area (Å²) in [6.45, 7) is 2.23. The Balaban J connectivity index is 1.96. The number of thioether (sulfide) groups is 1. The number of aryl methyl sites for hydroxylation is 1. The van der Waals surface area contributed by atoms with Gasteiger partial charge in [0.2, 0.25) is 0 Å². The Kier molecular flexibility index (Phi) is 13.9. The second-order valence-electron chi connectivity index (χ2n) is 9.46. The van der Waals surface area contributed by atoms with Crippen LogP contribution in [0.25, 0.3) is 0 Å². The normalized spacial score (nSPS) is 13.0. The van der Waals surface area contributed by atoms with Gasteiger partial charge in [0.05, 0.1) is 11.7 Å². The summed E-state index contributed by atoms with van der Waals surface area (Å²) in [7, 11) is 0. The highest BCUT2D eigenvalue weighted by atomic mass is 32.2. The summed E-state index contributed by atoms with van der Waals surface area (Å²) in [4.78, 5) is 22.0. The van der Waals surface area contributed by atoms with Gasteiger partial charge in [0, 0.05) is 23.1 Å². The van der Waals surface area contributed by atoms with E-state index >= 15 is 0 Å². The van der Waals surface area contributed by atoms with Crippen LogP contribution >= 0.6 is 11.8 Å². The molecule has 0 aromatic heterocycles. The Bertz CT molecular complexity index is 1010. The summed E-state index contributed by atoms with van der Waals surface area (Å²) >= 11 is 1.51. The topological polar surface area (TPSA) is 121 Å². The lowest BCUT2D eigenvalue weighted by Gasteiger charge is -2.20. The predicted molar refractivity (Wildman–Crippen MR) is 152 cm³/mol. The second kappa shape index (κ2) is 16.9. The molecule has 0 fully saturated rings. The first-order valence-electron chi connectivity index (χ1n) is 13.2. The van der Waals surface area contributed by atoms with E-state index in [4.69, 9.17) is 15.9 Å². The number of anilines is 1. The lowest BCUT2D eigenvalue weighted by Crippen LogP contribution is -2.22. The van der Waals surface area contributed by atoms with E-state index in [2.05, 4.69) is 37.3 Å². The van der Waals surface area contributed by atoms with Gasteiger partial charge in [-0.15, -0.1) is 11.8 Å². The minimum Gasteiger partial charge on any atom is -0.481 e. The molecule has 5 N–H and O–H groups in total. The molecule has 0 aliphatic heterocycles. The monoisotopic (exact) mass is 527 g/mol. The van der Waals surface area contributed by atoms with Crippen molar-refractivity contribution in [2.24, 2.45) is 0 Å². The standard InChI is InChI=1S/C30H41NO5S/c1-2-3-4-5-6-9-22-14-16-23(17-15-22)10-7-12-28(27(32)11-8-13-29(33)34)37-21-25-19-18-24(30(35)36)20-26(25)31/h7,12,14-20,27-28,32H,2-6,8-11,13,21,31H2,1H3,(H,33,34)(H,35,36)/b12-7-/t27-,28+/m0/s1. The van der Waals surface area contributed by atoms with Crippen LogP contribution in [0, 0.1) is 0 Å². The number of carboxylic acids is 2. The molecule has 0 spiro atoms. The van der Waals surface area contributed by atoms with Crippen LogP contribution in [0.3, 0.4) is 0 Å². The van der Waals surface area contributed by atoms with Gasteiger partial charge in [-0.05, 0) is 60.9 Å². The molecule has 0 bridgehead atoms. The quantitative estimate of drug-likeness (QED) is 0.0992. The van der Waals surface area contributed by atoms with Crippen molar-refractivity contribution in [2.75, 3.05) is 5.73 Å². The fourth-order valence-corrected chi connectivity index (χ4v) is 5.30. The van der Waals surface area contributed by atoms with E-state index in [1.54, 1.807) is 6.07 Å². The van der Waals surface area contributed by atoms with Gasteiger partial charge in [-0.2, -0.15) is 0 Å². The van der Waals surface area contributed by atoms with Gasteiger partial charge in [0.1, 0.15) is 0 Å². The fraction of sp³-hybridized carbons (Fsp3) is 0.467. The Hall–Kier alpha value is -2.77. The molecule has 0 unspecified atom stereocenters. The minimum atomic E-state index is -1.03. The van der Waals surface area contributed by atoms with Crippen LogP contribution in [-0.4, -0.2) is 38.6 Å². The van der Waals surface area contributed by atoms with Gasteiger partial charge in [-0.1, -0.05) is 75.1 Å². The molecular weight excluding hydrogens is 486 g/mol. The number of nitrogen functional groups attached to an aromatic ring is 1. The van der Waals surface area contributed by atoms with Crippen LogP contribution in [0.2, 0.25) is 0 Å². The third kappa shape index (κ3) is 11.9. The second-order valence-corrected chi connectivity index (χ2v) is 10.6. The molecule has 0 aliphatic rings. The highest BCUT2D eigenvalue weighted by Gasteiger charge is 2.18. The molecule has 0 saturated heterocycles. The number of carbonyl (C=O) groups is 2. The number of hydrogen-bond acceptors (Lipinski definition) is 5. The molecule has 0 saturated carbocycles. The van der Waals surface area contributed by atoms with Crippen molar-refractivity contribution in [1.82, 2.24) is 0 Å². The van der Waals surface area contributed by atoms with Crippen LogP contribution in [0.5, 0.6) is 0 Å². The first-order chi connectivity index (χ1) is 17.8. The summed E-state index contributed by atoms with van der Waals surface area (Å²) in [6.07, 6.45) is 12.4. The Morgan fingerprint density at radius 2 is 1.68 bits per heavy atom. The fourth-order valence-electron chi connectivity index (χ4n) is 4.08. The van der Waals surface area contributed by atoms with Crippen LogP contribution in [0.4, 0.5) is 5.69 Å². The van der Waals surface area contributed by atoms with Crippen molar-refractivity contribution >= 4 is 29.4 Å². The van der Waals surface area contributed by atoms with E-state index in [1.165, 1.54) is 67.1 Å². The van der Waals surface area contributed by atoms with Crippen molar-refractivity contribution in [2.45, 2.75) is 88.2 Å². The van der Waals surface area contributed by atoms with E-state index in [0.29, 0.717) is 24.3 Å². The van der Waals surface area contributed by atoms with E-state index in [9.17, 15) is 14.7 Å². The number of allylic oxidation sites excluding steroid dienone is 1. The zero-order chi connectivity index (χ0) is 27.0. The number of unbranched alkanes of at least 4 members (excludes halogenated alkanes) is 4. The number of aliphatic carboxylic acids is 1. The van der Waals surface area contributed by atoms with E-state index < -0.39 is 18.0 Å². The molecule has 0 aliphatic carbocycles. The van der Waals surface area contributed by atoms with Crippen molar-refractivity contribution in [1.29, 1.82) is 0 Å². The number of rotatable bonds is 18. The van der Waals surface area contributed by atoms with Crippen LogP contribution < -0.4 is 5.73 Å². The van der Waals surface area contributed by atoms with Crippen molar-refractivity contribution in [3.8, 4) is 0 Å². The zero-order valence-electron chi connectivity index (χ0n) is 21.8. The predicted octanol–water partition coefficient (Wildman–Crippen LogP) is 6.50. The Morgan fingerprint density at radius 1 is 0.973 bits per heavy atom. The molecule has 2 aromatic carbocycles. The maximum absolute atomic E-state index is 11.2. The molecule has 0 heterocycles. The van der Waals surface area contributed by atoms with Gasteiger partial charge in [-0.25, -0.2) is 4.79 Å². The molecule has 7 heteroatoms. The molecule has 37 heavy (non-hydrogen) atoms.